The monoisotopic (exact) mass is 711 g/mol. The van der Waals surface area contributed by atoms with E-state index in [0.717, 1.165) is 69.6 Å². The molecule has 0 unspecified atom stereocenters. The average Bonchev–Trinajstić information content (AvgIpc) is 3.61. The van der Waals surface area contributed by atoms with Crippen LogP contribution in [0.3, 0.4) is 0 Å². The maximum atomic E-state index is 13.8. The Balaban J connectivity index is 1.07. The number of hydrogen-bond donors (Lipinski definition) is 2. The Bertz CT molecular complexity index is 1880. The quantitative estimate of drug-likeness (QED) is 0.185. The highest BCUT2D eigenvalue weighted by molar-refractivity contribution is 6.13. The number of amides is 3. The number of nitrogens with one attached hydrogen (secondary N) is 2. The molecule has 0 saturated carbocycles. The predicted octanol–water partition coefficient (Wildman–Crippen LogP) is 4.96. The lowest BCUT2D eigenvalue weighted by molar-refractivity contribution is -0.132. The number of imidazole rings is 1. The molecular formula is C39H49N7O6. The highest BCUT2D eigenvalue weighted by atomic mass is 16.5. The van der Waals surface area contributed by atoms with Crippen LogP contribution in [0.2, 0.25) is 0 Å². The zero-order valence-electron chi connectivity index (χ0n) is 30.6. The number of nitrogens with zero attached hydrogens (tertiary/aromatic N) is 5. The largest absolute Gasteiger partial charge is 0.495 e. The second-order valence-electron chi connectivity index (χ2n) is 13.4. The van der Waals surface area contributed by atoms with E-state index in [1.54, 1.807) is 36.2 Å². The molecule has 3 aromatic carbocycles. The third-order valence-corrected chi connectivity index (χ3v) is 9.68. The van der Waals surface area contributed by atoms with Gasteiger partial charge < -0.3 is 44.1 Å². The summed E-state index contributed by atoms with van der Waals surface area (Å²) in [5.74, 6) is 1.29. The molecule has 0 aliphatic carbocycles. The summed E-state index contributed by atoms with van der Waals surface area (Å²) >= 11 is 0. The maximum Gasteiger partial charge on any atom is 0.258 e. The number of carbonyl (C=O) groups is 3. The number of likely N-dealkylation sites (N-methyl/N-ethyl adjacent to an activating group) is 1. The number of para-hydroxylation sites is 1. The third kappa shape index (κ3) is 8.65. The highest BCUT2D eigenvalue weighted by Crippen LogP contribution is 2.32. The van der Waals surface area contributed by atoms with Crippen LogP contribution >= 0.6 is 0 Å². The average molecular weight is 712 g/mol. The van der Waals surface area contributed by atoms with Crippen LogP contribution in [0.5, 0.6) is 11.5 Å². The molecule has 3 heterocycles. The molecule has 2 aliphatic rings. The van der Waals surface area contributed by atoms with Gasteiger partial charge in [-0.2, -0.15) is 0 Å². The molecule has 13 nitrogen and oxygen atoms in total. The predicted molar refractivity (Wildman–Crippen MR) is 202 cm³/mol. The number of fused-ring (bicyclic) bond motifs is 1. The topological polar surface area (TPSA) is 133 Å². The van der Waals surface area contributed by atoms with E-state index >= 15 is 0 Å². The van der Waals surface area contributed by atoms with Gasteiger partial charge in [-0.3, -0.25) is 14.4 Å². The van der Waals surface area contributed by atoms with E-state index in [0.29, 0.717) is 71.7 Å². The van der Waals surface area contributed by atoms with Crippen molar-refractivity contribution in [2.75, 3.05) is 95.4 Å². The van der Waals surface area contributed by atoms with E-state index in [-0.39, 0.29) is 17.7 Å². The number of carbonyl (C=O) groups excluding carboxylic acids is 3. The first-order valence-electron chi connectivity index (χ1n) is 18.0. The summed E-state index contributed by atoms with van der Waals surface area (Å²) in [6.07, 6.45) is 3.05. The molecule has 0 bridgehead atoms. The number of aromatic amines is 1. The van der Waals surface area contributed by atoms with E-state index in [1.165, 1.54) is 7.11 Å². The SMILES string of the molecule is COc1cc(C(=O)N(C)c2ccc(C)cc2OCCCCCC(=O)N2CCN(C)CC2)ccc1NC(=O)c1cccc2[nH]c(N3CCOCC3)nc12. The number of piperazine rings is 1. The van der Waals surface area contributed by atoms with Crippen molar-refractivity contribution < 1.29 is 28.6 Å². The Labute approximate surface area is 304 Å². The van der Waals surface area contributed by atoms with Gasteiger partial charge in [-0.05, 0) is 81.3 Å². The van der Waals surface area contributed by atoms with Gasteiger partial charge in [-0.25, -0.2) is 4.98 Å². The van der Waals surface area contributed by atoms with Gasteiger partial charge in [0.15, 0.2) is 0 Å². The van der Waals surface area contributed by atoms with Crippen LogP contribution in [0.4, 0.5) is 17.3 Å². The first-order valence-corrected chi connectivity index (χ1v) is 18.0. The number of anilines is 3. The van der Waals surface area contributed by atoms with Gasteiger partial charge in [0.05, 0.1) is 49.4 Å². The zero-order valence-corrected chi connectivity index (χ0v) is 30.6. The van der Waals surface area contributed by atoms with Gasteiger partial charge in [0.25, 0.3) is 11.8 Å². The van der Waals surface area contributed by atoms with Gasteiger partial charge in [0.1, 0.15) is 17.0 Å². The van der Waals surface area contributed by atoms with Crippen LogP contribution in [0, 0.1) is 6.92 Å². The summed E-state index contributed by atoms with van der Waals surface area (Å²) in [5.41, 5.74) is 4.22. The number of ether oxygens (including phenoxy) is 3. The van der Waals surface area contributed by atoms with Gasteiger partial charge >= 0.3 is 0 Å². The summed E-state index contributed by atoms with van der Waals surface area (Å²) in [5, 5.41) is 2.94. The van der Waals surface area contributed by atoms with Crippen molar-refractivity contribution in [3.8, 4) is 11.5 Å². The van der Waals surface area contributed by atoms with E-state index in [1.807, 2.05) is 42.2 Å². The lowest BCUT2D eigenvalue weighted by atomic mass is 10.1. The minimum Gasteiger partial charge on any atom is -0.495 e. The summed E-state index contributed by atoms with van der Waals surface area (Å²) in [6, 6.07) is 16.2. The molecule has 13 heteroatoms. The maximum absolute atomic E-state index is 13.8. The van der Waals surface area contributed by atoms with Crippen molar-refractivity contribution in [1.29, 1.82) is 0 Å². The number of aryl methyl sites for hydroxylation is 1. The first kappa shape index (κ1) is 36.6. The minimum atomic E-state index is -0.344. The van der Waals surface area contributed by atoms with Crippen molar-refractivity contribution >= 4 is 46.1 Å². The number of hydrogen-bond acceptors (Lipinski definition) is 9. The molecule has 0 radical (unpaired) electrons. The van der Waals surface area contributed by atoms with Crippen LogP contribution in [-0.4, -0.2) is 118 Å². The molecular weight excluding hydrogens is 662 g/mol. The number of morpholine rings is 1. The van der Waals surface area contributed by atoms with Crippen molar-refractivity contribution in [3.05, 3.63) is 71.3 Å². The van der Waals surface area contributed by atoms with E-state index in [2.05, 4.69) is 27.1 Å². The smallest absolute Gasteiger partial charge is 0.258 e. The number of H-pyrrole nitrogens is 1. The number of unbranched alkanes of at least 4 members (excludes halogenated alkanes) is 2. The second-order valence-corrected chi connectivity index (χ2v) is 13.4. The molecule has 52 heavy (non-hydrogen) atoms. The number of aromatic nitrogens is 2. The number of benzene rings is 3. The van der Waals surface area contributed by atoms with Crippen molar-refractivity contribution in [3.63, 3.8) is 0 Å². The van der Waals surface area contributed by atoms with Crippen molar-refractivity contribution in [2.45, 2.75) is 32.6 Å². The first-order chi connectivity index (χ1) is 25.2. The minimum absolute atomic E-state index is 0.229. The molecule has 2 fully saturated rings. The zero-order chi connectivity index (χ0) is 36.6. The molecule has 276 valence electrons. The fourth-order valence-electron chi connectivity index (χ4n) is 6.51. The van der Waals surface area contributed by atoms with Crippen LogP contribution < -0.4 is 24.6 Å². The molecule has 2 saturated heterocycles. The summed E-state index contributed by atoms with van der Waals surface area (Å²) in [4.78, 5) is 55.8. The number of rotatable bonds is 13. The van der Waals surface area contributed by atoms with Crippen molar-refractivity contribution in [1.82, 2.24) is 19.8 Å². The van der Waals surface area contributed by atoms with Crippen LogP contribution in [0.15, 0.2) is 54.6 Å². The van der Waals surface area contributed by atoms with Gasteiger partial charge in [-0.1, -0.05) is 12.1 Å². The lowest BCUT2D eigenvalue weighted by Gasteiger charge is -2.32. The Morgan fingerprint density at radius 1 is 0.942 bits per heavy atom. The van der Waals surface area contributed by atoms with Gasteiger partial charge in [0.2, 0.25) is 11.9 Å². The second kappa shape index (κ2) is 16.9. The van der Waals surface area contributed by atoms with Gasteiger partial charge in [0, 0.05) is 58.3 Å². The molecule has 2 N–H and O–H groups in total. The lowest BCUT2D eigenvalue weighted by Crippen LogP contribution is -2.47. The van der Waals surface area contributed by atoms with Crippen LogP contribution in [0.25, 0.3) is 11.0 Å². The van der Waals surface area contributed by atoms with E-state index < -0.39 is 0 Å². The molecule has 0 atom stereocenters. The van der Waals surface area contributed by atoms with Crippen LogP contribution in [-0.2, 0) is 9.53 Å². The Hall–Kier alpha value is -5.14. The molecule has 4 aromatic rings. The van der Waals surface area contributed by atoms with Crippen LogP contribution in [0.1, 0.15) is 52.0 Å². The summed E-state index contributed by atoms with van der Waals surface area (Å²) < 4.78 is 17.3. The normalized spacial score (nSPS) is 15.1. The highest BCUT2D eigenvalue weighted by Gasteiger charge is 2.23. The Morgan fingerprint density at radius 2 is 1.73 bits per heavy atom. The summed E-state index contributed by atoms with van der Waals surface area (Å²) in [6.45, 7) is 8.60. The number of methoxy groups -OCH3 is 1. The Morgan fingerprint density at radius 3 is 2.50 bits per heavy atom. The fourth-order valence-corrected chi connectivity index (χ4v) is 6.51. The third-order valence-electron chi connectivity index (χ3n) is 9.68. The Kier molecular flexibility index (Phi) is 11.9. The molecule has 6 rings (SSSR count). The van der Waals surface area contributed by atoms with Gasteiger partial charge in [-0.15, -0.1) is 0 Å². The fraction of sp³-hybridized carbons (Fsp3) is 0.436. The summed E-state index contributed by atoms with van der Waals surface area (Å²) in [7, 11) is 5.29. The molecule has 3 amide bonds. The van der Waals surface area contributed by atoms with E-state index in [9.17, 15) is 14.4 Å². The van der Waals surface area contributed by atoms with Crippen molar-refractivity contribution in [2.24, 2.45) is 0 Å². The standard InChI is InChI=1S/C39H49N7O6/c1-27-12-15-32(34(25-27)52-22-7-5-6-11-35(47)45-18-16-43(2)17-19-45)44(3)38(49)28-13-14-30(33(26-28)50-4)40-37(48)29-9-8-10-31-36(29)42-39(41-31)46-20-23-51-24-21-46/h8-10,12-15,25-26H,5-7,11,16-24H2,1-4H3,(H,40,48)(H,41,42). The molecule has 0 spiro atoms. The van der Waals surface area contributed by atoms with E-state index in [4.69, 9.17) is 19.2 Å². The molecule has 1 aromatic heterocycles. The molecule has 2 aliphatic heterocycles.